The maximum absolute atomic E-state index is 6.54. The van der Waals surface area contributed by atoms with Gasteiger partial charge in [-0.1, -0.05) is 147 Å². The third kappa shape index (κ3) is 6.09. The molecule has 1 aromatic heterocycles. The van der Waals surface area contributed by atoms with Crippen LogP contribution >= 0.6 is 11.3 Å². The van der Waals surface area contributed by atoms with Crippen LogP contribution in [0.5, 0.6) is 5.75 Å². The zero-order valence-corrected chi connectivity index (χ0v) is 31.5. The minimum atomic E-state index is 0.771. The molecule has 2 heteroatoms. The predicted molar refractivity (Wildman–Crippen MR) is 236 cm³/mol. The summed E-state index contributed by atoms with van der Waals surface area (Å²) in [5.41, 5.74) is 9.16. The number of rotatable bonds is 7. The first kappa shape index (κ1) is 33.6. The van der Waals surface area contributed by atoms with Crippen LogP contribution in [0.1, 0.15) is 37.0 Å². The van der Waals surface area contributed by atoms with E-state index in [1.54, 1.807) is 0 Å². The van der Waals surface area contributed by atoms with Gasteiger partial charge in [-0.3, -0.25) is 0 Å². The lowest BCUT2D eigenvalue weighted by atomic mass is 9.86. The molecule has 0 unspecified atom stereocenters. The van der Waals surface area contributed by atoms with Crippen molar-refractivity contribution < 1.29 is 4.74 Å². The molecule has 7 aromatic rings. The van der Waals surface area contributed by atoms with E-state index < -0.39 is 0 Å². The van der Waals surface area contributed by atoms with Crippen molar-refractivity contribution >= 4 is 75.0 Å². The molecule has 0 fully saturated rings. The largest absolute Gasteiger partial charge is 0.460 e. The molecule has 0 saturated carbocycles. The van der Waals surface area contributed by atoms with Crippen LogP contribution < -0.4 is 4.74 Å². The fourth-order valence-corrected chi connectivity index (χ4v) is 9.01. The molecule has 54 heavy (non-hydrogen) atoms. The Morgan fingerprint density at radius 3 is 2.09 bits per heavy atom. The number of allylic oxidation sites excluding steroid dienone is 16. The molecule has 1 aliphatic heterocycles. The van der Waals surface area contributed by atoms with Crippen molar-refractivity contribution in [2.24, 2.45) is 0 Å². The highest BCUT2D eigenvalue weighted by molar-refractivity contribution is 7.25. The smallest absolute Gasteiger partial charge is 0.138 e. The van der Waals surface area contributed by atoms with Crippen molar-refractivity contribution in [2.45, 2.75) is 26.7 Å². The van der Waals surface area contributed by atoms with Gasteiger partial charge in [0.05, 0.1) is 0 Å². The maximum Gasteiger partial charge on any atom is 0.138 e. The topological polar surface area (TPSA) is 9.23 Å². The molecular formula is C52H40OS. The highest BCUT2D eigenvalue weighted by Crippen LogP contribution is 2.43. The lowest BCUT2D eigenvalue weighted by Gasteiger charge is -2.18. The van der Waals surface area contributed by atoms with E-state index in [-0.39, 0.29) is 0 Å². The van der Waals surface area contributed by atoms with Gasteiger partial charge < -0.3 is 4.74 Å². The average Bonchev–Trinajstić information content (AvgIpc) is 3.80. The second kappa shape index (κ2) is 14.0. The monoisotopic (exact) mass is 712 g/mol. The lowest BCUT2D eigenvalue weighted by Crippen LogP contribution is -1.94. The number of thiophene rings is 1. The van der Waals surface area contributed by atoms with Gasteiger partial charge in [0.2, 0.25) is 0 Å². The zero-order valence-electron chi connectivity index (χ0n) is 30.7. The third-order valence-corrected chi connectivity index (χ3v) is 11.9. The molecule has 0 amide bonds. The van der Waals surface area contributed by atoms with Crippen LogP contribution in [-0.2, 0) is 6.42 Å². The first-order chi connectivity index (χ1) is 26.4. The standard InChI is InChI=1S/C52H40OS/c1-33(34(2)25-29-40-30-39-28-27-38-31-49-47(32-46(38)52(39)53-40)41-16-12-13-21-48(41)54-49)22-23-35(3)50-42-17-8-10-19-44(42)51(45-20-11-9-18-43(45)50)36(4)24-26-37-14-6-5-7-15-37/h5-14,16-29,31-32H,1,3,15,30H2,2,4H3/b23-22-,34-25+,36-24+,37-26-,40-29+. The molecule has 0 radical (unpaired) electrons. The van der Waals surface area contributed by atoms with E-state index in [1.165, 1.54) is 74.8 Å². The first-order valence-electron chi connectivity index (χ1n) is 18.6. The van der Waals surface area contributed by atoms with Crippen molar-refractivity contribution in [3.05, 3.63) is 210 Å². The molecule has 2 aliphatic rings. The maximum atomic E-state index is 6.54. The lowest BCUT2D eigenvalue weighted by molar-refractivity contribution is 0.451. The molecule has 0 bridgehead atoms. The van der Waals surface area contributed by atoms with Crippen LogP contribution in [0.2, 0.25) is 0 Å². The average molecular weight is 713 g/mol. The van der Waals surface area contributed by atoms with Crippen LogP contribution in [0, 0.1) is 0 Å². The normalized spacial score (nSPS) is 16.2. The summed E-state index contributed by atoms with van der Waals surface area (Å²) in [7, 11) is 0. The number of hydrogen-bond acceptors (Lipinski definition) is 2. The molecule has 0 saturated heterocycles. The Morgan fingerprint density at radius 2 is 1.37 bits per heavy atom. The first-order valence-corrected chi connectivity index (χ1v) is 19.4. The van der Waals surface area contributed by atoms with Crippen LogP contribution in [-0.4, -0.2) is 0 Å². The molecule has 2 heterocycles. The second-order valence-corrected chi connectivity index (χ2v) is 15.4. The highest BCUT2D eigenvalue weighted by Gasteiger charge is 2.21. The number of ether oxygens (including phenoxy) is 1. The Labute approximate surface area is 320 Å². The third-order valence-electron chi connectivity index (χ3n) is 10.8. The Balaban J connectivity index is 0.985. The molecule has 0 spiro atoms. The van der Waals surface area contributed by atoms with Gasteiger partial charge in [0.1, 0.15) is 11.5 Å². The van der Waals surface area contributed by atoms with Gasteiger partial charge >= 0.3 is 0 Å². The molecule has 0 atom stereocenters. The highest BCUT2D eigenvalue weighted by atomic mass is 32.1. The van der Waals surface area contributed by atoms with Crippen LogP contribution in [0.4, 0.5) is 0 Å². The fraction of sp³-hybridized carbons (Fsp3) is 0.0769. The Kier molecular flexibility index (Phi) is 8.69. The van der Waals surface area contributed by atoms with Crippen molar-refractivity contribution in [2.75, 3.05) is 0 Å². The number of benzene rings is 6. The zero-order chi connectivity index (χ0) is 36.8. The van der Waals surface area contributed by atoms with Gasteiger partial charge in [-0.05, 0) is 110 Å². The van der Waals surface area contributed by atoms with Crippen molar-refractivity contribution in [3.8, 4) is 5.75 Å². The van der Waals surface area contributed by atoms with Crippen molar-refractivity contribution in [3.63, 3.8) is 0 Å². The van der Waals surface area contributed by atoms with E-state index >= 15 is 0 Å². The summed E-state index contributed by atoms with van der Waals surface area (Å²) in [6.07, 6.45) is 23.2. The van der Waals surface area contributed by atoms with E-state index in [4.69, 9.17) is 4.74 Å². The van der Waals surface area contributed by atoms with Crippen molar-refractivity contribution in [1.82, 2.24) is 0 Å². The Morgan fingerprint density at radius 1 is 0.667 bits per heavy atom. The fourth-order valence-electron chi connectivity index (χ4n) is 7.88. The molecule has 260 valence electrons. The second-order valence-electron chi connectivity index (χ2n) is 14.3. The van der Waals surface area contributed by atoms with Gasteiger partial charge in [-0.15, -0.1) is 11.3 Å². The summed E-state index contributed by atoms with van der Waals surface area (Å²) in [4.78, 5) is 0. The van der Waals surface area contributed by atoms with Crippen LogP contribution in [0.15, 0.2) is 193 Å². The SMILES string of the molecule is C=C(/C=C\C(=C)c1c2ccccc2c(/C(C)=C/C=C2/C=CC=CC2)c2ccccc12)/C(C)=C/C=C1\Cc2ccc3cc4sc5ccccc5c4cc3c2O1. The molecule has 1 nitrogen and oxygen atoms in total. The van der Waals surface area contributed by atoms with E-state index in [1.807, 2.05) is 11.3 Å². The van der Waals surface area contributed by atoms with Crippen molar-refractivity contribution in [1.29, 1.82) is 0 Å². The quantitative estimate of drug-likeness (QED) is 0.118. The van der Waals surface area contributed by atoms with E-state index in [0.717, 1.165) is 46.6 Å². The van der Waals surface area contributed by atoms with Gasteiger partial charge in [0.15, 0.2) is 0 Å². The minimum absolute atomic E-state index is 0.771. The Hall–Kier alpha value is -6.22. The summed E-state index contributed by atoms with van der Waals surface area (Å²) >= 11 is 1.85. The number of fused-ring (bicyclic) bond motifs is 8. The van der Waals surface area contributed by atoms with Gasteiger partial charge in [0, 0.05) is 37.5 Å². The van der Waals surface area contributed by atoms with Crippen LogP contribution in [0.25, 0.3) is 63.6 Å². The summed E-state index contributed by atoms with van der Waals surface area (Å²) in [6.45, 7) is 13.4. The van der Waals surface area contributed by atoms with Gasteiger partial charge in [0.25, 0.3) is 0 Å². The summed E-state index contributed by atoms with van der Waals surface area (Å²) in [6, 6.07) is 35.1. The number of hydrogen-bond donors (Lipinski definition) is 0. The van der Waals surface area contributed by atoms with Gasteiger partial charge in [-0.2, -0.15) is 0 Å². The summed E-state index contributed by atoms with van der Waals surface area (Å²) in [5.74, 6) is 1.92. The van der Waals surface area contributed by atoms with E-state index in [0.29, 0.717) is 0 Å². The molecule has 0 N–H and O–H groups in total. The summed E-state index contributed by atoms with van der Waals surface area (Å²) < 4.78 is 9.17. The molecular weight excluding hydrogens is 673 g/mol. The Bertz CT molecular complexity index is 2890. The summed E-state index contributed by atoms with van der Waals surface area (Å²) in [5, 5.41) is 9.83. The molecule has 1 aliphatic carbocycles. The van der Waals surface area contributed by atoms with Gasteiger partial charge in [-0.25, -0.2) is 0 Å². The van der Waals surface area contributed by atoms with E-state index in [9.17, 15) is 0 Å². The molecule has 6 aromatic carbocycles. The van der Waals surface area contributed by atoms with Crippen LogP contribution in [0.3, 0.4) is 0 Å². The molecule has 9 rings (SSSR count). The van der Waals surface area contributed by atoms with E-state index in [2.05, 4.69) is 185 Å². The minimum Gasteiger partial charge on any atom is -0.460 e. The predicted octanol–water partition coefficient (Wildman–Crippen LogP) is 15.0.